The number of hydrogen-bond donors (Lipinski definition) is 1. The van der Waals surface area contributed by atoms with Gasteiger partial charge in [0.2, 0.25) is 0 Å². The minimum absolute atomic E-state index is 0.266. The van der Waals surface area contributed by atoms with Crippen LogP contribution in [0.2, 0.25) is 0 Å². The van der Waals surface area contributed by atoms with Crippen molar-refractivity contribution in [2.75, 3.05) is 0 Å². The maximum atomic E-state index is 13.3. The molecule has 0 radical (unpaired) electrons. The van der Waals surface area contributed by atoms with Gasteiger partial charge >= 0.3 is 0 Å². The van der Waals surface area contributed by atoms with Crippen LogP contribution in [-0.2, 0) is 6.54 Å². The zero-order chi connectivity index (χ0) is 14.8. The lowest BCUT2D eigenvalue weighted by Gasteiger charge is -2.06. The number of pyridine rings is 1. The topological polar surface area (TPSA) is 46.4 Å². The van der Waals surface area contributed by atoms with Crippen LogP contribution in [0.4, 0.5) is 4.39 Å². The summed E-state index contributed by atoms with van der Waals surface area (Å²) >= 11 is 3.17. The molecule has 6 heteroatoms. The van der Waals surface area contributed by atoms with Gasteiger partial charge in [0, 0.05) is 16.2 Å². The number of halogens is 2. The Morgan fingerprint density at radius 1 is 1.33 bits per heavy atom. The highest BCUT2D eigenvalue weighted by Gasteiger charge is 2.10. The second-order valence-electron chi connectivity index (χ2n) is 4.51. The first kappa shape index (κ1) is 13.8. The average molecular weight is 348 g/mol. The third-order valence-electron chi connectivity index (χ3n) is 3.05. The minimum atomic E-state index is -0.458. The zero-order valence-electron chi connectivity index (χ0n) is 10.9. The molecule has 0 saturated carbocycles. The third-order valence-corrected chi connectivity index (χ3v) is 3.50. The van der Waals surface area contributed by atoms with E-state index in [1.807, 2.05) is 28.8 Å². The van der Waals surface area contributed by atoms with Crippen LogP contribution in [0.5, 0.6) is 0 Å². The van der Waals surface area contributed by atoms with E-state index in [0.29, 0.717) is 4.47 Å². The number of aromatic nitrogens is 2. The fraction of sp³-hybridized carbons (Fsp3) is 0.0667. The first-order chi connectivity index (χ1) is 10.1. The largest absolute Gasteiger partial charge is 0.345 e. The molecule has 0 saturated heterocycles. The maximum Gasteiger partial charge on any atom is 0.251 e. The quantitative estimate of drug-likeness (QED) is 0.790. The number of nitrogens with zero attached hydrogens (tertiary/aromatic N) is 2. The number of carbonyl (C=O) groups excluding carboxylic acids is 1. The Morgan fingerprint density at radius 3 is 3.00 bits per heavy atom. The summed E-state index contributed by atoms with van der Waals surface area (Å²) in [7, 11) is 0. The number of nitrogens with one attached hydrogen (secondary N) is 1. The van der Waals surface area contributed by atoms with Crippen LogP contribution < -0.4 is 5.32 Å². The molecule has 0 fully saturated rings. The monoisotopic (exact) mass is 347 g/mol. The molecule has 0 bridgehead atoms. The lowest BCUT2D eigenvalue weighted by atomic mass is 10.2. The van der Waals surface area contributed by atoms with Gasteiger partial charge in [0.25, 0.3) is 5.91 Å². The summed E-state index contributed by atoms with van der Waals surface area (Å²) in [6.45, 7) is 0.269. The Morgan fingerprint density at radius 2 is 2.19 bits per heavy atom. The van der Waals surface area contributed by atoms with Crippen molar-refractivity contribution in [3.8, 4) is 0 Å². The molecule has 0 aliphatic carbocycles. The van der Waals surface area contributed by atoms with Gasteiger partial charge in [-0.1, -0.05) is 22.0 Å². The molecule has 0 spiro atoms. The number of carbonyl (C=O) groups is 1. The van der Waals surface area contributed by atoms with E-state index in [2.05, 4.69) is 26.2 Å². The summed E-state index contributed by atoms with van der Waals surface area (Å²) in [5, 5.41) is 2.74. The number of imidazole rings is 1. The maximum absolute atomic E-state index is 13.3. The molecule has 1 amide bonds. The summed E-state index contributed by atoms with van der Waals surface area (Å²) in [6.07, 6.45) is 3.61. The average Bonchev–Trinajstić information content (AvgIpc) is 2.87. The number of fused-ring (bicyclic) bond motifs is 1. The van der Waals surface area contributed by atoms with Gasteiger partial charge in [-0.15, -0.1) is 0 Å². The predicted octanol–water partition coefficient (Wildman–Crippen LogP) is 3.17. The summed E-state index contributed by atoms with van der Waals surface area (Å²) < 4.78 is 15.7. The van der Waals surface area contributed by atoms with Gasteiger partial charge < -0.3 is 9.72 Å². The Bertz CT molecular complexity index is 795. The SMILES string of the molecule is O=C(NCc1ncc2ccccn12)c1cc(F)cc(Br)c1. The number of hydrogen-bond acceptors (Lipinski definition) is 2. The van der Waals surface area contributed by atoms with Gasteiger partial charge in [0.1, 0.15) is 11.6 Å². The molecular formula is C15H11BrFN3O. The third kappa shape index (κ3) is 2.95. The van der Waals surface area contributed by atoms with Gasteiger partial charge in [-0.25, -0.2) is 9.37 Å². The van der Waals surface area contributed by atoms with E-state index in [1.165, 1.54) is 12.1 Å². The Balaban J connectivity index is 1.76. The van der Waals surface area contributed by atoms with Crippen LogP contribution in [0.3, 0.4) is 0 Å². The second kappa shape index (κ2) is 5.65. The van der Waals surface area contributed by atoms with Crippen molar-refractivity contribution in [3.05, 3.63) is 70.5 Å². The van der Waals surface area contributed by atoms with Crippen LogP contribution >= 0.6 is 15.9 Å². The van der Waals surface area contributed by atoms with Crippen molar-refractivity contribution in [2.24, 2.45) is 0 Å². The van der Waals surface area contributed by atoms with Crippen molar-refractivity contribution in [3.63, 3.8) is 0 Å². The first-order valence-corrected chi connectivity index (χ1v) is 7.08. The van der Waals surface area contributed by atoms with Gasteiger partial charge in [-0.2, -0.15) is 0 Å². The standard InChI is InChI=1S/C15H11BrFN3O/c16-11-5-10(6-12(17)7-11)15(21)19-9-14-18-8-13-3-1-2-4-20(13)14/h1-8H,9H2,(H,19,21). The molecule has 4 nitrogen and oxygen atoms in total. The van der Waals surface area contributed by atoms with Crippen LogP contribution in [-0.4, -0.2) is 15.3 Å². The van der Waals surface area contributed by atoms with Crippen molar-refractivity contribution in [1.29, 1.82) is 0 Å². The smallest absolute Gasteiger partial charge is 0.251 e. The first-order valence-electron chi connectivity index (χ1n) is 6.29. The van der Waals surface area contributed by atoms with Gasteiger partial charge in [0.15, 0.2) is 0 Å². The van der Waals surface area contributed by atoms with E-state index in [1.54, 1.807) is 12.3 Å². The molecule has 3 rings (SSSR count). The summed E-state index contributed by atoms with van der Waals surface area (Å²) in [4.78, 5) is 16.3. The van der Waals surface area contributed by atoms with E-state index in [-0.39, 0.29) is 18.0 Å². The molecule has 1 aromatic carbocycles. The van der Waals surface area contributed by atoms with Crippen LogP contribution in [0.15, 0.2) is 53.3 Å². The summed E-state index contributed by atoms with van der Waals surface area (Å²) in [6, 6.07) is 9.82. The van der Waals surface area contributed by atoms with Crippen LogP contribution in [0.25, 0.3) is 5.52 Å². The number of amides is 1. The summed E-state index contributed by atoms with van der Waals surface area (Å²) in [5.74, 6) is -0.0851. The molecule has 0 aliphatic rings. The predicted molar refractivity (Wildman–Crippen MR) is 80.5 cm³/mol. The number of benzene rings is 1. The normalized spacial score (nSPS) is 10.8. The molecule has 0 aliphatic heterocycles. The Labute approximate surface area is 128 Å². The van der Waals surface area contributed by atoms with E-state index in [0.717, 1.165) is 11.3 Å². The molecule has 106 valence electrons. The summed E-state index contributed by atoms with van der Waals surface area (Å²) in [5.41, 5.74) is 1.22. The molecule has 0 unspecified atom stereocenters. The zero-order valence-corrected chi connectivity index (χ0v) is 12.5. The van der Waals surface area contributed by atoms with Crippen molar-refractivity contribution in [2.45, 2.75) is 6.54 Å². The highest BCUT2D eigenvalue weighted by molar-refractivity contribution is 9.10. The van der Waals surface area contributed by atoms with Crippen LogP contribution in [0, 0.1) is 5.82 Å². The lowest BCUT2D eigenvalue weighted by Crippen LogP contribution is -2.24. The lowest BCUT2D eigenvalue weighted by molar-refractivity contribution is 0.0949. The van der Waals surface area contributed by atoms with E-state index in [4.69, 9.17) is 0 Å². The Hall–Kier alpha value is -2.21. The fourth-order valence-electron chi connectivity index (χ4n) is 2.08. The molecule has 1 N–H and O–H groups in total. The highest BCUT2D eigenvalue weighted by Crippen LogP contribution is 2.15. The van der Waals surface area contributed by atoms with Crippen LogP contribution in [0.1, 0.15) is 16.2 Å². The molecule has 0 atom stereocenters. The van der Waals surface area contributed by atoms with E-state index < -0.39 is 5.82 Å². The fourth-order valence-corrected chi connectivity index (χ4v) is 2.54. The van der Waals surface area contributed by atoms with Gasteiger partial charge in [-0.05, 0) is 30.3 Å². The van der Waals surface area contributed by atoms with E-state index >= 15 is 0 Å². The number of rotatable bonds is 3. The second-order valence-corrected chi connectivity index (χ2v) is 5.43. The highest BCUT2D eigenvalue weighted by atomic mass is 79.9. The van der Waals surface area contributed by atoms with Crippen molar-refractivity contribution in [1.82, 2.24) is 14.7 Å². The molecular weight excluding hydrogens is 337 g/mol. The molecule has 21 heavy (non-hydrogen) atoms. The van der Waals surface area contributed by atoms with E-state index in [9.17, 15) is 9.18 Å². The molecule has 2 heterocycles. The molecule has 2 aromatic heterocycles. The van der Waals surface area contributed by atoms with Crippen molar-refractivity contribution < 1.29 is 9.18 Å². The van der Waals surface area contributed by atoms with Gasteiger partial charge in [0.05, 0.1) is 18.3 Å². The molecule has 3 aromatic rings. The van der Waals surface area contributed by atoms with Crippen molar-refractivity contribution >= 4 is 27.4 Å². The van der Waals surface area contributed by atoms with Gasteiger partial charge in [-0.3, -0.25) is 4.79 Å². The minimum Gasteiger partial charge on any atom is -0.345 e. The Kier molecular flexibility index (Phi) is 3.70.